The summed E-state index contributed by atoms with van der Waals surface area (Å²) in [7, 11) is 0. The summed E-state index contributed by atoms with van der Waals surface area (Å²) in [5, 5.41) is 9.81. The van der Waals surface area contributed by atoms with E-state index in [-0.39, 0.29) is 0 Å². The first-order valence-corrected chi connectivity index (χ1v) is 2.97. The lowest BCUT2D eigenvalue weighted by molar-refractivity contribution is -0.403. The van der Waals surface area contributed by atoms with Gasteiger partial charge in [0.15, 0.2) is 0 Å². The van der Waals surface area contributed by atoms with E-state index in [4.69, 9.17) is 0 Å². The molecule has 0 aromatic carbocycles. The molecule has 0 unspecified atom stereocenters. The van der Waals surface area contributed by atoms with Gasteiger partial charge < -0.3 is 0 Å². The Morgan fingerprint density at radius 1 is 1.78 bits per heavy atom. The lowest BCUT2D eigenvalue weighted by atomic mass is 10.2. The quantitative estimate of drug-likeness (QED) is 0.432. The van der Waals surface area contributed by atoms with Crippen molar-refractivity contribution < 1.29 is 4.92 Å². The second-order valence-corrected chi connectivity index (χ2v) is 2.01. The first-order chi connectivity index (χ1) is 4.16. The Hall–Kier alpha value is -0.860. The van der Waals surface area contributed by atoms with Crippen LogP contribution in [0.1, 0.15) is 26.7 Å². The molecule has 0 aliphatic heterocycles. The molecule has 9 heavy (non-hydrogen) atoms. The molecule has 0 spiro atoms. The van der Waals surface area contributed by atoms with Crippen molar-refractivity contribution in [3.63, 3.8) is 0 Å². The minimum absolute atomic E-state index is 0.412. The van der Waals surface area contributed by atoms with Crippen LogP contribution in [0.15, 0.2) is 11.8 Å². The van der Waals surface area contributed by atoms with Gasteiger partial charge in [0.05, 0.1) is 4.92 Å². The fourth-order valence-electron chi connectivity index (χ4n) is 0.639. The third-order valence-corrected chi connectivity index (χ3v) is 0.970. The van der Waals surface area contributed by atoms with Crippen LogP contribution < -0.4 is 0 Å². The maximum absolute atomic E-state index is 9.81. The lowest BCUT2D eigenvalue weighted by Crippen LogP contribution is -1.86. The third-order valence-electron chi connectivity index (χ3n) is 0.970. The van der Waals surface area contributed by atoms with E-state index < -0.39 is 4.92 Å². The summed E-state index contributed by atoms with van der Waals surface area (Å²) in [4.78, 5) is 9.40. The number of hydrogen-bond acceptors (Lipinski definition) is 2. The standard InChI is InChI=1S/C6H11NO2/c1-3-4-6(2)5-7(8)9/h5H,3-4H2,1-2H3/b6-5-. The van der Waals surface area contributed by atoms with Gasteiger partial charge in [0.1, 0.15) is 0 Å². The molecule has 0 atom stereocenters. The molecular weight excluding hydrogens is 118 g/mol. The third kappa shape index (κ3) is 5.00. The van der Waals surface area contributed by atoms with Crippen molar-refractivity contribution in [3.05, 3.63) is 21.9 Å². The number of nitro groups is 1. The second-order valence-electron chi connectivity index (χ2n) is 2.01. The van der Waals surface area contributed by atoms with Crippen molar-refractivity contribution in [3.8, 4) is 0 Å². The zero-order valence-corrected chi connectivity index (χ0v) is 5.76. The van der Waals surface area contributed by atoms with E-state index in [1.54, 1.807) is 6.92 Å². The monoisotopic (exact) mass is 129 g/mol. The molecule has 0 saturated heterocycles. The molecule has 0 aromatic heterocycles. The van der Waals surface area contributed by atoms with E-state index in [0.29, 0.717) is 0 Å². The Balaban J connectivity index is 3.69. The lowest BCUT2D eigenvalue weighted by Gasteiger charge is -1.89. The second kappa shape index (κ2) is 4.06. The molecule has 0 heterocycles. The minimum atomic E-state index is -0.412. The minimum Gasteiger partial charge on any atom is -0.259 e. The van der Waals surface area contributed by atoms with E-state index in [9.17, 15) is 10.1 Å². The highest BCUT2D eigenvalue weighted by Crippen LogP contribution is 2.01. The average Bonchev–Trinajstić information content (AvgIpc) is 1.63. The van der Waals surface area contributed by atoms with Gasteiger partial charge in [-0.15, -0.1) is 0 Å². The van der Waals surface area contributed by atoms with Gasteiger partial charge in [-0.05, 0) is 18.9 Å². The molecule has 0 amide bonds. The Labute approximate surface area is 54.5 Å². The van der Waals surface area contributed by atoms with Crippen LogP contribution in [0.5, 0.6) is 0 Å². The zero-order valence-electron chi connectivity index (χ0n) is 5.76. The molecule has 52 valence electrons. The maximum atomic E-state index is 9.81. The van der Waals surface area contributed by atoms with Crippen molar-refractivity contribution in [1.29, 1.82) is 0 Å². The average molecular weight is 129 g/mol. The highest BCUT2D eigenvalue weighted by molar-refractivity contribution is 4.91. The van der Waals surface area contributed by atoms with Crippen LogP contribution in [0.25, 0.3) is 0 Å². The van der Waals surface area contributed by atoms with Gasteiger partial charge in [-0.2, -0.15) is 0 Å². The predicted octanol–water partition coefficient (Wildman–Crippen LogP) is 1.97. The molecule has 0 bridgehead atoms. The van der Waals surface area contributed by atoms with E-state index in [1.165, 1.54) is 0 Å². The molecule has 0 radical (unpaired) electrons. The molecule has 0 aromatic rings. The van der Waals surface area contributed by atoms with Crippen LogP contribution in [-0.4, -0.2) is 4.92 Å². The maximum Gasteiger partial charge on any atom is 0.233 e. The van der Waals surface area contributed by atoms with Crippen LogP contribution in [0, 0.1) is 10.1 Å². The molecule has 0 aliphatic carbocycles. The fraction of sp³-hybridized carbons (Fsp3) is 0.667. The van der Waals surface area contributed by atoms with Gasteiger partial charge in [0.25, 0.3) is 0 Å². The summed E-state index contributed by atoms with van der Waals surface area (Å²) in [6.45, 7) is 3.77. The molecule has 0 saturated carbocycles. The molecular formula is C6H11NO2. The van der Waals surface area contributed by atoms with Crippen LogP contribution in [0.2, 0.25) is 0 Å². The molecule has 0 rings (SSSR count). The fourth-order valence-corrected chi connectivity index (χ4v) is 0.639. The van der Waals surface area contributed by atoms with Crippen LogP contribution in [0.3, 0.4) is 0 Å². The number of nitrogens with zero attached hydrogens (tertiary/aromatic N) is 1. The smallest absolute Gasteiger partial charge is 0.233 e. The predicted molar refractivity (Wildman–Crippen MR) is 35.7 cm³/mol. The first-order valence-electron chi connectivity index (χ1n) is 2.97. The summed E-state index contributed by atoms with van der Waals surface area (Å²) in [6, 6.07) is 0. The SMILES string of the molecule is CCC/C(C)=C\[N+](=O)[O-]. The number of allylic oxidation sites excluding steroid dienone is 1. The molecule has 0 fully saturated rings. The van der Waals surface area contributed by atoms with Gasteiger partial charge in [0.2, 0.25) is 6.20 Å². The topological polar surface area (TPSA) is 43.1 Å². The van der Waals surface area contributed by atoms with Crippen LogP contribution in [-0.2, 0) is 0 Å². The molecule has 3 nitrogen and oxygen atoms in total. The van der Waals surface area contributed by atoms with E-state index in [2.05, 4.69) is 0 Å². The van der Waals surface area contributed by atoms with E-state index in [0.717, 1.165) is 24.6 Å². The Morgan fingerprint density at radius 2 is 2.33 bits per heavy atom. The largest absolute Gasteiger partial charge is 0.259 e. The Morgan fingerprint density at radius 3 is 2.67 bits per heavy atom. The van der Waals surface area contributed by atoms with E-state index >= 15 is 0 Å². The highest BCUT2D eigenvalue weighted by atomic mass is 16.6. The van der Waals surface area contributed by atoms with Crippen LogP contribution in [0.4, 0.5) is 0 Å². The summed E-state index contributed by atoms with van der Waals surface area (Å²) in [6.07, 6.45) is 2.85. The number of hydrogen-bond donors (Lipinski definition) is 0. The Bertz CT molecular complexity index is 129. The van der Waals surface area contributed by atoms with Crippen LogP contribution >= 0.6 is 0 Å². The van der Waals surface area contributed by atoms with E-state index in [1.807, 2.05) is 6.92 Å². The van der Waals surface area contributed by atoms with Gasteiger partial charge in [0, 0.05) is 0 Å². The summed E-state index contributed by atoms with van der Waals surface area (Å²) in [5.41, 5.74) is 0.836. The summed E-state index contributed by atoms with van der Waals surface area (Å²) >= 11 is 0. The molecule has 0 aliphatic rings. The number of rotatable bonds is 3. The van der Waals surface area contributed by atoms with Gasteiger partial charge in [-0.25, -0.2) is 0 Å². The van der Waals surface area contributed by atoms with Crippen molar-refractivity contribution in [2.75, 3.05) is 0 Å². The highest BCUT2D eigenvalue weighted by Gasteiger charge is 1.92. The normalized spacial score (nSPS) is 11.6. The van der Waals surface area contributed by atoms with Crippen molar-refractivity contribution in [2.24, 2.45) is 0 Å². The molecule has 0 N–H and O–H groups in total. The van der Waals surface area contributed by atoms with Gasteiger partial charge in [-0.1, -0.05) is 13.3 Å². The Kier molecular flexibility index (Phi) is 3.67. The van der Waals surface area contributed by atoms with Crippen molar-refractivity contribution in [1.82, 2.24) is 0 Å². The zero-order chi connectivity index (χ0) is 7.28. The van der Waals surface area contributed by atoms with Crippen molar-refractivity contribution in [2.45, 2.75) is 26.7 Å². The summed E-state index contributed by atoms with van der Waals surface area (Å²) < 4.78 is 0. The van der Waals surface area contributed by atoms with Gasteiger partial charge in [-0.3, -0.25) is 10.1 Å². The summed E-state index contributed by atoms with van der Waals surface area (Å²) in [5.74, 6) is 0. The van der Waals surface area contributed by atoms with Gasteiger partial charge >= 0.3 is 0 Å². The van der Waals surface area contributed by atoms with Crippen molar-refractivity contribution >= 4 is 0 Å². The molecule has 3 heteroatoms. The first kappa shape index (κ1) is 8.14.